The second-order valence-corrected chi connectivity index (χ2v) is 4.54. The lowest BCUT2D eigenvalue weighted by Crippen LogP contribution is -1.86. The number of nitro groups is 1. The van der Waals surface area contributed by atoms with E-state index in [9.17, 15) is 10.1 Å². The first-order chi connectivity index (χ1) is 9.67. The topological polar surface area (TPSA) is 71.0 Å². The fraction of sp³-hybridized carbons (Fsp3) is 0.0667. The summed E-state index contributed by atoms with van der Waals surface area (Å²) < 4.78 is 0. The van der Waals surface area contributed by atoms with E-state index in [1.165, 1.54) is 6.07 Å². The molecule has 0 amide bonds. The number of anilines is 1. The maximum Gasteiger partial charge on any atom is 0.270 e. The van der Waals surface area contributed by atoms with Gasteiger partial charge in [-0.25, -0.2) is 0 Å². The lowest BCUT2D eigenvalue weighted by molar-refractivity contribution is -0.384. The molecule has 0 saturated heterocycles. The molecule has 5 heteroatoms. The van der Waals surface area contributed by atoms with Gasteiger partial charge in [-0.05, 0) is 29.8 Å². The number of hydrogen-bond donors (Lipinski definition) is 2. The van der Waals surface area contributed by atoms with Crippen molar-refractivity contribution in [3.8, 4) is 11.3 Å². The summed E-state index contributed by atoms with van der Waals surface area (Å²) in [6.07, 6.45) is 0. The highest BCUT2D eigenvalue weighted by atomic mass is 16.6. The van der Waals surface area contributed by atoms with Crippen LogP contribution in [0.2, 0.25) is 0 Å². The summed E-state index contributed by atoms with van der Waals surface area (Å²) in [5, 5.41) is 14.7. The van der Waals surface area contributed by atoms with Crippen LogP contribution in [0.25, 0.3) is 22.2 Å². The van der Waals surface area contributed by atoms with Crippen LogP contribution in [0.1, 0.15) is 0 Å². The fourth-order valence-corrected chi connectivity index (χ4v) is 2.21. The number of hydrogen-bond acceptors (Lipinski definition) is 3. The highest BCUT2D eigenvalue weighted by Crippen LogP contribution is 2.27. The van der Waals surface area contributed by atoms with E-state index in [1.54, 1.807) is 12.1 Å². The SMILES string of the molecule is CNc1ccc(-c2cc3cc([N+](=O)[O-])ccc3[nH]2)cc1. The number of fused-ring (bicyclic) bond motifs is 1. The number of nitrogens with one attached hydrogen (secondary N) is 2. The van der Waals surface area contributed by atoms with Crippen molar-refractivity contribution in [1.82, 2.24) is 4.98 Å². The summed E-state index contributed by atoms with van der Waals surface area (Å²) in [6.45, 7) is 0. The van der Waals surface area contributed by atoms with Gasteiger partial charge in [-0.2, -0.15) is 0 Å². The van der Waals surface area contributed by atoms with E-state index in [1.807, 2.05) is 37.4 Å². The number of non-ortho nitro benzene ring substituents is 1. The summed E-state index contributed by atoms with van der Waals surface area (Å²) in [4.78, 5) is 13.7. The summed E-state index contributed by atoms with van der Waals surface area (Å²) in [5.74, 6) is 0. The largest absolute Gasteiger partial charge is 0.388 e. The summed E-state index contributed by atoms with van der Waals surface area (Å²) in [5.41, 5.74) is 4.03. The molecular formula is C15H13N3O2. The van der Waals surface area contributed by atoms with Crippen LogP contribution in [0.15, 0.2) is 48.5 Å². The standard InChI is InChI=1S/C15H13N3O2/c1-16-12-4-2-10(3-5-12)15-9-11-8-13(18(19)20)6-7-14(11)17-15/h2-9,16-17H,1H3. The molecule has 20 heavy (non-hydrogen) atoms. The molecule has 100 valence electrons. The molecule has 1 aromatic heterocycles. The van der Waals surface area contributed by atoms with E-state index in [0.717, 1.165) is 27.8 Å². The maximum atomic E-state index is 10.8. The van der Waals surface area contributed by atoms with Crippen LogP contribution in [0.5, 0.6) is 0 Å². The average molecular weight is 267 g/mol. The highest BCUT2D eigenvalue weighted by molar-refractivity contribution is 5.87. The van der Waals surface area contributed by atoms with Gasteiger partial charge in [0, 0.05) is 41.5 Å². The number of aromatic amines is 1. The predicted molar refractivity (Wildman–Crippen MR) is 79.9 cm³/mol. The predicted octanol–water partition coefficient (Wildman–Crippen LogP) is 3.78. The Morgan fingerprint density at radius 1 is 1.10 bits per heavy atom. The van der Waals surface area contributed by atoms with Gasteiger partial charge < -0.3 is 10.3 Å². The Hall–Kier alpha value is -2.82. The molecule has 0 radical (unpaired) electrons. The second-order valence-electron chi connectivity index (χ2n) is 4.54. The van der Waals surface area contributed by atoms with Gasteiger partial charge in [0.2, 0.25) is 0 Å². The first kappa shape index (κ1) is 12.2. The van der Waals surface area contributed by atoms with Crippen molar-refractivity contribution >= 4 is 22.3 Å². The van der Waals surface area contributed by atoms with Crippen LogP contribution in [0.4, 0.5) is 11.4 Å². The zero-order valence-electron chi connectivity index (χ0n) is 10.9. The van der Waals surface area contributed by atoms with E-state index in [-0.39, 0.29) is 10.6 Å². The van der Waals surface area contributed by atoms with E-state index >= 15 is 0 Å². The monoisotopic (exact) mass is 267 g/mol. The molecule has 0 bridgehead atoms. The molecule has 0 aliphatic heterocycles. The number of nitrogens with zero attached hydrogens (tertiary/aromatic N) is 1. The Kier molecular flexibility index (Phi) is 2.87. The zero-order valence-corrected chi connectivity index (χ0v) is 10.9. The smallest absolute Gasteiger partial charge is 0.270 e. The third-order valence-corrected chi connectivity index (χ3v) is 3.30. The molecular weight excluding hydrogens is 254 g/mol. The molecule has 2 aromatic carbocycles. The number of H-pyrrole nitrogens is 1. The molecule has 0 unspecified atom stereocenters. The molecule has 0 fully saturated rings. The minimum absolute atomic E-state index is 0.105. The van der Waals surface area contributed by atoms with Crippen molar-refractivity contribution in [2.45, 2.75) is 0 Å². The Bertz CT molecular complexity index is 775. The fourth-order valence-electron chi connectivity index (χ4n) is 2.21. The summed E-state index contributed by atoms with van der Waals surface area (Å²) in [7, 11) is 1.87. The Morgan fingerprint density at radius 2 is 1.85 bits per heavy atom. The quantitative estimate of drug-likeness (QED) is 0.560. The first-order valence-corrected chi connectivity index (χ1v) is 6.23. The molecule has 0 saturated carbocycles. The van der Waals surface area contributed by atoms with E-state index in [0.29, 0.717) is 0 Å². The van der Waals surface area contributed by atoms with Crippen LogP contribution < -0.4 is 5.32 Å². The van der Waals surface area contributed by atoms with Crippen molar-refractivity contribution in [1.29, 1.82) is 0 Å². The van der Waals surface area contributed by atoms with Gasteiger partial charge >= 0.3 is 0 Å². The lowest BCUT2D eigenvalue weighted by Gasteiger charge is -2.01. The third-order valence-electron chi connectivity index (χ3n) is 3.30. The van der Waals surface area contributed by atoms with Crippen molar-refractivity contribution in [3.63, 3.8) is 0 Å². The Morgan fingerprint density at radius 3 is 2.50 bits per heavy atom. The van der Waals surface area contributed by atoms with Crippen molar-refractivity contribution < 1.29 is 4.92 Å². The molecule has 3 aromatic rings. The minimum Gasteiger partial charge on any atom is -0.388 e. The Labute approximate surface area is 115 Å². The van der Waals surface area contributed by atoms with E-state index in [2.05, 4.69) is 10.3 Å². The summed E-state index contributed by atoms with van der Waals surface area (Å²) >= 11 is 0. The molecule has 0 aliphatic rings. The normalized spacial score (nSPS) is 10.7. The van der Waals surface area contributed by atoms with Gasteiger partial charge in [0.15, 0.2) is 0 Å². The van der Waals surface area contributed by atoms with Gasteiger partial charge in [0.05, 0.1) is 4.92 Å². The van der Waals surface area contributed by atoms with Gasteiger partial charge in [0.25, 0.3) is 5.69 Å². The van der Waals surface area contributed by atoms with Crippen LogP contribution in [-0.2, 0) is 0 Å². The van der Waals surface area contributed by atoms with Crippen molar-refractivity contribution in [3.05, 3.63) is 58.6 Å². The average Bonchev–Trinajstić information content (AvgIpc) is 2.90. The maximum absolute atomic E-state index is 10.8. The van der Waals surface area contributed by atoms with Crippen LogP contribution >= 0.6 is 0 Å². The third kappa shape index (κ3) is 2.09. The van der Waals surface area contributed by atoms with Gasteiger partial charge in [-0.1, -0.05) is 12.1 Å². The highest BCUT2D eigenvalue weighted by Gasteiger charge is 2.09. The molecule has 0 atom stereocenters. The van der Waals surface area contributed by atoms with Crippen molar-refractivity contribution in [2.75, 3.05) is 12.4 Å². The summed E-state index contributed by atoms with van der Waals surface area (Å²) in [6, 6.07) is 14.7. The van der Waals surface area contributed by atoms with Crippen LogP contribution in [0.3, 0.4) is 0 Å². The molecule has 2 N–H and O–H groups in total. The number of nitro benzene ring substituents is 1. The van der Waals surface area contributed by atoms with E-state index < -0.39 is 0 Å². The lowest BCUT2D eigenvalue weighted by atomic mass is 10.1. The molecule has 5 nitrogen and oxygen atoms in total. The number of aromatic nitrogens is 1. The second kappa shape index (κ2) is 4.70. The van der Waals surface area contributed by atoms with Gasteiger partial charge in [-0.15, -0.1) is 0 Å². The number of rotatable bonds is 3. The molecule has 3 rings (SSSR count). The molecule has 0 aliphatic carbocycles. The Balaban J connectivity index is 2.05. The van der Waals surface area contributed by atoms with E-state index in [4.69, 9.17) is 0 Å². The first-order valence-electron chi connectivity index (χ1n) is 6.23. The molecule has 1 heterocycles. The van der Waals surface area contributed by atoms with Crippen LogP contribution in [0, 0.1) is 10.1 Å². The zero-order chi connectivity index (χ0) is 14.1. The number of benzene rings is 2. The van der Waals surface area contributed by atoms with Gasteiger partial charge in [0.1, 0.15) is 0 Å². The molecule has 0 spiro atoms. The van der Waals surface area contributed by atoms with Crippen molar-refractivity contribution in [2.24, 2.45) is 0 Å². The van der Waals surface area contributed by atoms with Crippen LogP contribution in [-0.4, -0.2) is 17.0 Å². The van der Waals surface area contributed by atoms with Gasteiger partial charge in [-0.3, -0.25) is 10.1 Å². The minimum atomic E-state index is -0.381.